The second-order valence-corrected chi connectivity index (χ2v) is 4.80. The van der Waals surface area contributed by atoms with Crippen LogP contribution in [0.4, 0.5) is 0 Å². The van der Waals surface area contributed by atoms with Crippen LogP contribution >= 0.6 is 0 Å². The summed E-state index contributed by atoms with van der Waals surface area (Å²) in [6.07, 6.45) is 4.32. The Morgan fingerprint density at radius 1 is 1.40 bits per heavy atom. The molecule has 2 aliphatic rings. The fourth-order valence-corrected chi connectivity index (χ4v) is 2.83. The lowest BCUT2D eigenvalue weighted by atomic mass is 10.1. The van der Waals surface area contributed by atoms with Gasteiger partial charge in [0.2, 0.25) is 0 Å². The highest BCUT2D eigenvalue weighted by Crippen LogP contribution is 2.17. The highest BCUT2D eigenvalue weighted by atomic mass is 16.5. The summed E-state index contributed by atoms with van der Waals surface area (Å²) in [6, 6.07) is 1.35. The van der Waals surface area contributed by atoms with Crippen molar-refractivity contribution >= 4 is 0 Å². The zero-order valence-electron chi connectivity index (χ0n) is 10.0. The second kappa shape index (κ2) is 5.28. The third-order valence-electron chi connectivity index (χ3n) is 3.90. The van der Waals surface area contributed by atoms with Gasteiger partial charge in [0, 0.05) is 25.2 Å². The predicted octanol–water partition coefficient (Wildman–Crippen LogP) is 1.24. The summed E-state index contributed by atoms with van der Waals surface area (Å²) in [5, 5.41) is 3.67. The average Bonchev–Trinajstić information content (AvgIpc) is 2.83. The fourth-order valence-electron chi connectivity index (χ4n) is 2.83. The van der Waals surface area contributed by atoms with E-state index in [4.69, 9.17) is 4.74 Å². The van der Waals surface area contributed by atoms with E-state index in [0.717, 1.165) is 19.2 Å². The van der Waals surface area contributed by atoms with Gasteiger partial charge < -0.3 is 10.1 Å². The average molecular weight is 212 g/mol. The van der Waals surface area contributed by atoms with E-state index in [1.165, 1.54) is 32.4 Å². The maximum Gasteiger partial charge on any atom is 0.0700 e. The Morgan fingerprint density at radius 3 is 2.93 bits per heavy atom. The van der Waals surface area contributed by atoms with E-state index in [0.29, 0.717) is 12.1 Å². The van der Waals surface area contributed by atoms with Gasteiger partial charge in [0.25, 0.3) is 0 Å². The van der Waals surface area contributed by atoms with Crippen molar-refractivity contribution < 1.29 is 4.74 Å². The summed E-state index contributed by atoms with van der Waals surface area (Å²) >= 11 is 0. The maximum absolute atomic E-state index is 5.56. The van der Waals surface area contributed by atoms with E-state index >= 15 is 0 Å². The molecular weight excluding hydrogens is 188 g/mol. The Hall–Kier alpha value is -0.120. The van der Waals surface area contributed by atoms with Crippen LogP contribution in [0.3, 0.4) is 0 Å². The molecule has 0 aliphatic carbocycles. The molecule has 88 valence electrons. The number of nitrogens with one attached hydrogen (secondary N) is 1. The maximum atomic E-state index is 5.56. The number of likely N-dealkylation sites (N-methyl/N-ethyl adjacent to an activating group) is 1. The molecule has 2 heterocycles. The highest BCUT2D eigenvalue weighted by Gasteiger charge is 2.27. The summed E-state index contributed by atoms with van der Waals surface area (Å²) < 4.78 is 5.56. The number of ether oxygens (including phenoxy) is 1. The van der Waals surface area contributed by atoms with Gasteiger partial charge in [-0.3, -0.25) is 4.90 Å². The van der Waals surface area contributed by atoms with E-state index in [9.17, 15) is 0 Å². The molecule has 1 N–H and O–H groups in total. The first-order valence-electron chi connectivity index (χ1n) is 6.40. The van der Waals surface area contributed by atoms with Crippen LogP contribution in [-0.2, 0) is 4.74 Å². The molecule has 3 atom stereocenters. The Labute approximate surface area is 93.2 Å². The molecule has 0 amide bonds. The van der Waals surface area contributed by atoms with Crippen LogP contribution in [0.25, 0.3) is 0 Å². The number of nitrogens with zero attached hydrogens (tertiary/aromatic N) is 1. The molecule has 2 aliphatic heterocycles. The van der Waals surface area contributed by atoms with Gasteiger partial charge in [0.05, 0.1) is 6.10 Å². The van der Waals surface area contributed by atoms with Crippen molar-refractivity contribution in [1.29, 1.82) is 0 Å². The summed E-state index contributed by atoms with van der Waals surface area (Å²) in [5.41, 5.74) is 0. The second-order valence-electron chi connectivity index (χ2n) is 4.80. The molecule has 0 bridgehead atoms. The molecule has 2 saturated heterocycles. The van der Waals surface area contributed by atoms with Crippen molar-refractivity contribution in [2.24, 2.45) is 0 Å². The Kier molecular flexibility index (Phi) is 4.00. The van der Waals surface area contributed by atoms with Gasteiger partial charge in [-0.05, 0) is 39.3 Å². The van der Waals surface area contributed by atoms with E-state index in [-0.39, 0.29) is 0 Å². The highest BCUT2D eigenvalue weighted by molar-refractivity contribution is 4.85. The van der Waals surface area contributed by atoms with Crippen LogP contribution in [0.5, 0.6) is 0 Å². The largest absolute Gasteiger partial charge is 0.377 e. The number of rotatable bonds is 4. The Bertz CT molecular complexity index is 198. The first-order chi connectivity index (χ1) is 7.31. The quantitative estimate of drug-likeness (QED) is 0.759. The van der Waals surface area contributed by atoms with Crippen LogP contribution in [0.15, 0.2) is 0 Å². The van der Waals surface area contributed by atoms with Crippen molar-refractivity contribution in [3.63, 3.8) is 0 Å². The molecular formula is C12H24N2O. The zero-order chi connectivity index (χ0) is 10.7. The molecule has 3 heteroatoms. The van der Waals surface area contributed by atoms with Gasteiger partial charge in [-0.2, -0.15) is 0 Å². The molecule has 2 fully saturated rings. The lowest BCUT2D eigenvalue weighted by molar-refractivity contribution is 0.111. The van der Waals surface area contributed by atoms with Crippen molar-refractivity contribution in [3.8, 4) is 0 Å². The fraction of sp³-hybridized carbons (Fsp3) is 1.00. The van der Waals surface area contributed by atoms with Crippen molar-refractivity contribution in [2.45, 2.75) is 51.3 Å². The molecule has 3 nitrogen and oxygen atoms in total. The minimum absolute atomic E-state index is 0.404. The lowest BCUT2D eigenvalue weighted by Crippen LogP contribution is -2.43. The van der Waals surface area contributed by atoms with Crippen LogP contribution in [0, 0.1) is 0 Å². The Balaban J connectivity index is 1.72. The molecule has 0 radical (unpaired) electrons. The molecule has 0 aromatic heterocycles. The van der Waals surface area contributed by atoms with Gasteiger partial charge in [0.1, 0.15) is 0 Å². The van der Waals surface area contributed by atoms with Crippen molar-refractivity contribution in [1.82, 2.24) is 10.2 Å². The van der Waals surface area contributed by atoms with Gasteiger partial charge in [-0.15, -0.1) is 0 Å². The van der Waals surface area contributed by atoms with Crippen LogP contribution < -0.4 is 5.32 Å². The van der Waals surface area contributed by atoms with Crippen LogP contribution in [0.2, 0.25) is 0 Å². The monoisotopic (exact) mass is 212 g/mol. The van der Waals surface area contributed by atoms with E-state index in [1.807, 2.05) is 0 Å². The van der Waals surface area contributed by atoms with Gasteiger partial charge >= 0.3 is 0 Å². The number of hydrogen-bond acceptors (Lipinski definition) is 3. The van der Waals surface area contributed by atoms with Gasteiger partial charge in [-0.25, -0.2) is 0 Å². The number of likely N-dealkylation sites (tertiary alicyclic amines) is 1. The summed E-state index contributed by atoms with van der Waals surface area (Å²) in [7, 11) is 0. The molecule has 0 aromatic rings. The third-order valence-corrected chi connectivity index (χ3v) is 3.90. The topological polar surface area (TPSA) is 24.5 Å². The minimum atomic E-state index is 0.404. The molecule has 0 spiro atoms. The zero-order valence-corrected chi connectivity index (χ0v) is 10.0. The van der Waals surface area contributed by atoms with E-state index in [2.05, 4.69) is 24.1 Å². The molecule has 15 heavy (non-hydrogen) atoms. The standard InChI is InChI=1S/C12H24N2O/c1-3-14-7-4-5-11(14)9-13-12-6-8-15-10(12)2/h10-13H,3-9H2,1-2H3/t10-,11-,12+/m1/s1. The number of hydrogen-bond donors (Lipinski definition) is 1. The van der Waals surface area contributed by atoms with Crippen LogP contribution in [0.1, 0.15) is 33.1 Å². The molecule has 0 unspecified atom stereocenters. The van der Waals surface area contributed by atoms with Crippen molar-refractivity contribution in [3.05, 3.63) is 0 Å². The lowest BCUT2D eigenvalue weighted by Gasteiger charge is -2.25. The molecule has 2 rings (SSSR count). The van der Waals surface area contributed by atoms with Crippen LogP contribution in [-0.4, -0.2) is 49.3 Å². The minimum Gasteiger partial charge on any atom is -0.377 e. The first-order valence-corrected chi connectivity index (χ1v) is 6.40. The van der Waals surface area contributed by atoms with E-state index < -0.39 is 0 Å². The Morgan fingerprint density at radius 2 is 2.27 bits per heavy atom. The van der Waals surface area contributed by atoms with Crippen molar-refractivity contribution in [2.75, 3.05) is 26.2 Å². The SMILES string of the molecule is CCN1CCC[C@@H]1CN[C@H]1CCO[C@@H]1C. The van der Waals surface area contributed by atoms with Gasteiger partial charge in [-0.1, -0.05) is 6.92 Å². The predicted molar refractivity (Wildman–Crippen MR) is 62.1 cm³/mol. The first kappa shape index (κ1) is 11.4. The molecule has 0 saturated carbocycles. The summed E-state index contributed by atoms with van der Waals surface area (Å²) in [4.78, 5) is 2.59. The third kappa shape index (κ3) is 2.71. The normalized spacial score (nSPS) is 37.6. The molecule has 0 aromatic carbocycles. The summed E-state index contributed by atoms with van der Waals surface area (Å²) in [5.74, 6) is 0. The summed E-state index contributed by atoms with van der Waals surface area (Å²) in [6.45, 7) is 9.01. The smallest absolute Gasteiger partial charge is 0.0700 e. The van der Waals surface area contributed by atoms with E-state index in [1.54, 1.807) is 0 Å². The van der Waals surface area contributed by atoms with Gasteiger partial charge in [0.15, 0.2) is 0 Å².